The Morgan fingerprint density at radius 3 is 2.59 bits per heavy atom. The van der Waals surface area contributed by atoms with Crippen molar-refractivity contribution >= 4 is 15.9 Å². The predicted molar refractivity (Wildman–Crippen MR) is 99.9 cm³/mol. The Kier molecular flexibility index (Phi) is 5.26. The maximum absolute atomic E-state index is 12.7. The first kappa shape index (κ1) is 18.9. The van der Waals surface area contributed by atoms with E-state index in [0.717, 1.165) is 31.4 Å². The SMILES string of the molecule is CNCCCS(=O)(=O)N1[C@@H]2CC[C@H]1C[C@@H](NC(=O)c1cc(C3CC3)on1)C2. The molecule has 2 bridgehead atoms. The van der Waals surface area contributed by atoms with Crippen LogP contribution in [-0.2, 0) is 10.0 Å². The maximum atomic E-state index is 12.7. The number of amides is 1. The standard InChI is InChI=1S/C18H28N4O4S/c1-19-7-2-8-27(24,25)22-14-5-6-15(22)10-13(9-14)20-18(23)16-11-17(26-21-16)12-3-4-12/h11-15,19H,2-10H2,1H3,(H,20,23)/t13-,14+,15-. The van der Waals surface area contributed by atoms with Crippen molar-refractivity contribution in [2.75, 3.05) is 19.3 Å². The Morgan fingerprint density at radius 1 is 1.26 bits per heavy atom. The summed E-state index contributed by atoms with van der Waals surface area (Å²) in [4.78, 5) is 12.5. The molecule has 3 fully saturated rings. The van der Waals surface area contributed by atoms with Gasteiger partial charge in [0, 0.05) is 30.1 Å². The molecule has 1 amide bonds. The summed E-state index contributed by atoms with van der Waals surface area (Å²) in [5.74, 6) is 1.18. The van der Waals surface area contributed by atoms with E-state index >= 15 is 0 Å². The van der Waals surface area contributed by atoms with E-state index in [9.17, 15) is 13.2 Å². The van der Waals surface area contributed by atoms with Crippen molar-refractivity contribution in [3.63, 3.8) is 0 Å². The molecule has 3 aliphatic rings. The Balaban J connectivity index is 1.35. The van der Waals surface area contributed by atoms with Gasteiger partial charge in [0.05, 0.1) is 5.75 Å². The van der Waals surface area contributed by atoms with Crippen molar-refractivity contribution in [2.45, 2.75) is 69.0 Å². The van der Waals surface area contributed by atoms with Crippen LogP contribution in [0.15, 0.2) is 10.6 Å². The van der Waals surface area contributed by atoms with E-state index in [0.29, 0.717) is 37.4 Å². The highest BCUT2D eigenvalue weighted by atomic mass is 32.2. The van der Waals surface area contributed by atoms with Crippen LogP contribution < -0.4 is 10.6 Å². The number of fused-ring (bicyclic) bond motifs is 2. The summed E-state index contributed by atoms with van der Waals surface area (Å²) in [5, 5.41) is 9.93. The molecular formula is C18H28N4O4S. The van der Waals surface area contributed by atoms with Gasteiger partial charge in [0.25, 0.3) is 5.91 Å². The number of aromatic nitrogens is 1. The van der Waals surface area contributed by atoms with Crippen molar-refractivity contribution in [2.24, 2.45) is 0 Å². The number of hydrogen-bond acceptors (Lipinski definition) is 6. The maximum Gasteiger partial charge on any atom is 0.273 e. The minimum absolute atomic E-state index is 0.00651. The molecular weight excluding hydrogens is 368 g/mol. The number of carbonyl (C=O) groups excluding carboxylic acids is 1. The molecule has 4 rings (SSSR count). The van der Waals surface area contributed by atoms with Crippen LogP contribution >= 0.6 is 0 Å². The molecule has 8 nitrogen and oxygen atoms in total. The Bertz CT molecular complexity index is 775. The van der Waals surface area contributed by atoms with Crippen LogP contribution in [0.2, 0.25) is 0 Å². The van der Waals surface area contributed by atoms with E-state index in [2.05, 4.69) is 15.8 Å². The molecule has 9 heteroatoms. The van der Waals surface area contributed by atoms with Gasteiger partial charge >= 0.3 is 0 Å². The number of sulfonamides is 1. The van der Waals surface area contributed by atoms with Gasteiger partial charge in [-0.05, 0) is 58.5 Å². The van der Waals surface area contributed by atoms with Crippen molar-refractivity contribution in [3.8, 4) is 0 Å². The third-order valence-electron chi connectivity index (χ3n) is 5.89. The molecule has 150 valence electrons. The second-order valence-corrected chi connectivity index (χ2v) is 10.0. The summed E-state index contributed by atoms with van der Waals surface area (Å²) in [6.07, 6.45) is 5.89. The van der Waals surface area contributed by atoms with Crippen molar-refractivity contribution in [1.82, 2.24) is 20.1 Å². The molecule has 2 aliphatic heterocycles. The molecule has 0 spiro atoms. The molecule has 2 saturated heterocycles. The van der Waals surface area contributed by atoms with Gasteiger partial charge in [0.15, 0.2) is 5.69 Å². The molecule has 27 heavy (non-hydrogen) atoms. The van der Waals surface area contributed by atoms with Gasteiger partial charge in [-0.2, -0.15) is 4.31 Å². The highest BCUT2D eigenvalue weighted by Crippen LogP contribution is 2.40. The number of carbonyl (C=O) groups is 1. The minimum Gasteiger partial charge on any atom is -0.360 e. The van der Waals surface area contributed by atoms with Gasteiger partial charge in [-0.15, -0.1) is 0 Å². The molecule has 3 atom stereocenters. The minimum atomic E-state index is -3.24. The van der Waals surface area contributed by atoms with Crippen LogP contribution in [0.25, 0.3) is 0 Å². The summed E-state index contributed by atoms with van der Waals surface area (Å²) in [7, 11) is -1.42. The lowest BCUT2D eigenvalue weighted by Gasteiger charge is -2.38. The van der Waals surface area contributed by atoms with Crippen LogP contribution in [0.1, 0.15) is 67.1 Å². The normalized spacial score (nSPS) is 28.4. The van der Waals surface area contributed by atoms with Crippen LogP contribution in [0.3, 0.4) is 0 Å². The molecule has 3 heterocycles. The van der Waals surface area contributed by atoms with Crippen LogP contribution in [-0.4, -0.2) is 61.3 Å². The quantitative estimate of drug-likeness (QED) is 0.640. The van der Waals surface area contributed by atoms with E-state index in [4.69, 9.17) is 4.52 Å². The zero-order chi connectivity index (χ0) is 19.0. The monoisotopic (exact) mass is 396 g/mol. The number of rotatable bonds is 8. The van der Waals surface area contributed by atoms with Crippen LogP contribution in [0.4, 0.5) is 0 Å². The highest BCUT2D eigenvalue weighted by Gasteiger charge is 2.46. The molecule has 1 aromatic heterocycles. The van der Waals surface area contributed by atoms with Gasteiger partial charge in [0.2, 0.25) is 10.0 Å². The smallest absolute Gasteiger partial charge is 0.273 e. The fourth-order valence-corrected chi connectivity index (χ4v) is 6.47. The lowest BCUT2D eigenvalue weighted by Crippen LogP contribution is -2.53. The van der Waals surface area contributed by atoms with E-state index in [1.165, 1.54) is 0 Å². The van der Waals surface area contributed by atoms with E-state index < -0.39 is 10.0 Å². The topological polar surface area (TPSA) is 105 Å². The van der Waals surface area contributed by atoms with Crippen molar-refractivity contribution in [3.05, 3.63) is 17.5 Å². The average Bonchev–Trinajstić information content (AvgIpc) is 3.28. The molecule has 0 radical (unpaired) electrons. The number of nitrogens with one attached hydrogen (secondary N) is 2. The van der Waals surface area contributed by atoms with Gasteiger partial charge in [-0.3, -0.25) is 4.79 Å². The van der Waals surface area contributed by atoms with Gasteiger partial charge in [0.1, 0.15) is 5.76 Å². The predicted octanol–water partition coefficient (Wildman–Crippen LogP) is 1.22. The average molecular weight is 397 g/mol. The highest BCUT2D eigenvalue weighted by molar-refractivity contribution is 7.89. The Morgan fingerprint density at radius 2 is 1.96 bits per heavy atom. The fourth-order valence-electron chi connectivity index (χ4n) is 4.46. The van der Waals surface area contributed by atoms with Gasteiger partial charge in [-0.1, -0.05) is 5.16 Å². The summed E-state index contributed by atoms with van der Waals surface area (Å²) in [5.41, 5.74) is 0.325. The zero-order valence-corrected chi connectivity index (χ0v) is 16.5. The number of hydrogen-bond donors (Lipinski definition) is 2. The largest absolute Gasteiger partial charge is 0.360 e. The molecule has 1 aliphatic carbocycles. The first-order valence-corrected chi connectivity index (χ1v) is 11.5. The lowest BCUT2D eigenvalue weighted by atomic mass is 9.99. The van der Waals surface area contributed by atoms with Crippen LogP contribution in [0.5, 0.6) is 0 Å². The first-order valence-electron chi connectivity index (χ1n) is 9.91. The number of nitrogens with zero attached hydrogens (tertiary/aromatic N) is 2. The van der Waals surface area contributed by atoms with Crippen molar-refractivity contribution in [1.29, 1.82) is 0 Å². The van der Waals surface area contributed by atoms with Gasteiger partial charge in [-0.25, -0.2) is 8.42 Å². The van der Waals surface area contributed by atoms with E-state index in [-0.39, 0.29) is 29.8 Å². The Hall–Kier alpha value is -1.45. The molecule has 2 N–H and O–H groups in total. The molecule has 1 saturated carbocycles. The number of piperidine rings is 1. The lowest BCUT2D eigenvalue weighted by molar-refractivity contribution is 0.0900. The third-order valence-corrected chi connectivity index (χ3v) is 7.94. The molecule has 1 aromatic rings. The second-order valence-electron chi connectivity index (χ2n) is 8.02. The summed E-state index contributed by atoms with van der Waals surface area (Å²) >= 11 is 0. The van der Waals surface area contributed by atoms with E-state index in [1.807, 2.05) is 7.05 Å². The molecule has 0 unspecified atom stereocenters. The van der Waals surface area contributed by atoms with Crippen LogP contribution in [0, 0.1) is 0 Å². The summed E-state index contributed by atoms with van der Waals surface area (Å²) in [6.45, 7) is 0.696. The Labute approximate surface area is 160 Å². The summed E-state index contributed by atoms with van der Waals surface area (Å²) < 4.78 is 32.5. The third kappa shape index (κ3) is 4.05. The van der Waals surface area contributed by atoms with Crippen molar-refractivity contribution < 1.29 is 17.7 Å². The summed E-state index contributed by atoms with van der Waals surface area (Å²) in [6, 6.07) is 1.71. The fraction of sp³-hybridized carbons (Fsp3) is 0.778. The zero-order valence-electron chi connectivity index (χ0n) is 15.7. The molecule has 0 aromatic carbocycles. The van der Waals surface area contributed by atoms with E-state index in [1.54, 1.807) is 10.4 Å². The van der Waals surface area contributed by atoms with Gasteiger partial charge < -0.3 is 15.2 Å². The second kappa shape index (κ2) is 7.52. The first-order chi connectivity index (χ1) is 13.0.